The highest BCUT2D eigenvalue weighted by Crippen LogP contribution is 2.33. The number of nitro benzene ring substituents is 1. The third-order valence-corrected chi connectivity index (χ3v) is 8.83. The Morgan fingerprint density at radius 2 is 1.38 bits per heavy atom. The number of nitrogens with zero attached hydrogens (tertiary/aromatic N) is 6. The minimum atomic E-state index is -0.439. The van der Waals surface area contributed by atoms with Crippen molar-refractivity contribution in [3.63, 3.8) is 0 Å². The summed E-state index contributed by atoms with van der Waals surface area (Å²) in [5, 5.41) is 11.0. The zero-order valence-corrected chi connectivity index (χ0v) is 26.1. The molecule has 3 aromatic carbocycles. The van der Waals surface area contributed by atoms with Crippen LogP contribution in [0.2, 0.25) is 0 Å². The Labute approximate surface area is 269 Å². The Kier molecular flexibility index (Phi) is 8.39. The molecule has 0 unspecified atom stereocenters. The van der Waals surface area contributed by atoms with E-state index in [2.05, 4.69) is 19.1 Å². The van der Waals surface area contributed by atoms with Crippen molar-refractivity contribution >= 4 is 45.3 Å². The lowest BCUT2D eigenvalue weighted by atomic mass is 10.1. The second-order valence-electron chi connectivity index (χ2n) is 11.7. The van der Waals surface area contributed by atoms with Crippen molar-refractivity contribution in [1.82, 2.24) is 24.1 Å². The van der Waals surface area contributed by atoms with Gasteiger partial charge in [-0.05, 0) is 75.9 Å². The van der Waals surface area contributed by atoms with Gasteiger partial charge in [0.25, 0.3) is 12.2 Å². The summed E-state index contributed by atoms with van der Waals surface area (Å²) in [4.78, 5) is 34.6. The van der Waals surface area contributed by atoms with Gasteiger partial charge < -0.3 is 27.8 Å². The molecule has 0 bridgehead atoms. The molecule has 47 heavy (non-hydrogen) atoms. The van der Waals surface area contributed by atoms with E-state index in [1.807, 2.05) is 38.1 Å². The molecule has 8 rings (SSSR count). The number of ether oxygens (including phenoxy) is 3. The normalized spacial score (nSPS) is 16.0. The number of carbonyl (C=O) groups is 1. The summed E-state index contributed by atoms with van der Waals surface area (Å²) in [5.41, 5.74) is 5.69. The summed E-state index contributed by atoms with van der Waals surface area (Å²) in [6.45, 7) is 7.62. The number of carbonyl (C=O) groups excluding carboxylic acids is 1. The molecule has 0 N–H and O–H groups in total. The van der Waals surface area contributed by atoms with Gasteiger partial charge in [0.1, 0.15) is 22.9 Å². The van der Waals surface area contributed by atoms with Crippen molar-refractivity contribution in [2.45, 2.75) is 51.6 Å². The SMILES string of the molecule is Cc1nc2cc(-c3nc4cc([N+](=O)[O-])ccc4o3)ccc2n1C1CCOCC1.Cc1nc2cc(OC=O)ccc2n1C1CCOCC1. The number of hydrogen-bond acceptors (Lipinski definition) is 10. The molecule has 242 valence electrons. The molecule has 2 fully saturated rings. The Bertz CT molecular complexity index is 2090. The molecule has 13 heteroatoms. The second kappa shape index (κ2) is 12.9. The maximum absolute atomic E-state index is 11.0. The van der Waals surface area contributed by atoms with Crippen LogP contribution in [0, 0.1) is 24.0 Å². The fourth-order valence-electron chi connectivity index (χ4n) is 6.64. The topological polar surface area (TPSA) is 150 Å². The maximum Gasteiger partial charge on any atom is 0.298 e. The molecule has 3 aromatic heterocycles. The molecule has 0 spiro atoms. The number of imidazole rings is 2. The first-order chi connectivity index (χ1) is 22.9. The minimum absolute atomic E-state index is 0.00590. The van der Waals surface area contributed by atoms with E-state index in [0.29, 0.717) is 41.3 Å². The average molecular weight is 639 g/mol. The number of non-ortho nitro benzene ring substituents is 1. The van der Waals surface area contributed by atoms with Crippen molar-refractivity contribution in [1.29, 1.82) is 0 Å². The molecule has 2 aliphatic rings. The quantitative estimate of drug-likeness (QED) is 0.110. The number of nitro groups is 1. The van der Waals surface area contributed by atoms with Crippen LogP contribution in [0.1, 0.15) is 49.4 Å². The van der Waals surface area contributed by atoms with Gasteiger partial charge in [-0.1, -0.05) is 0 Å². The fraction of sp³-hybridized carbons (Fsp3) is 0.353. The van der Waals surface area contributed by atoms with E-state index >= 15 is 0 Å². The predicted molar refractivity (Wildman–Crippen MR) is 173 cm³/mol. The van der Waals surface area contributed by atoms with Crippen LogP contribution in [0.4, 0.5) is 5.69 Å². The molecule has 5 heterocycles. The van der Waals surface area contributed by atoms with E-state index in [-0.39, 0.29) is 5.69 Å². The molecule has 6 aromatic rings. The highest BCUT2D eigenvalue weighted by molar-refractivity contribution is 5.84. The summed E-state index contributed by atoms with van der Waals surface area (Å²) in [6, 6.07) is 16.8. The van der Waals surface area contributed by atoms with E-state index in [4.69, 9.17) is 23.6 Å². The lowest BCUT2D eigenvalue weighted by molar-refractivity contribution is -0.384. The van der Waals surface area contributed by atoms with Crippen LogP contribution >= 0.6 is 0 Å². The summed E-state index contributed by atoms with van der Waals surface area (Å²) < 4.78 is 26.1. The summed E-state index contributed by atoms with van der Waals surface area (Å²) in [5.74, 6) is 2.92. The third-order valence-electron chi connectivity index (χ3n) is 8.83. The van der Waals surface area contributed by atoms with Gasteiger partial charge in [-0.25, -0.2) is 15.0 Å². The van der Waals surface area contributed by atoms with Crippen LogP contribution in [0.25, 0.3) is 44.6 Å². The van der Waals surface area contributed by atoms with Gasteiger partial charge in [-0.15, -0.1) is 0 Å². The Morgan fingerprint density at radius 3 is 1.98 bits per heavy atom. The van der Waals surface area contributed by atoms with Crippen molar-refractivity contribution in [3.8, 4) is 17.2 Å². The van der Waals surface area contributed by atoms with Gasteiger partial charge in [0.05, 0.1) is 27.0 Å². The molecule has 2 saturated heterocycles. The third kappa shape index (κ3) is 6.07. The number of fused-ring (bicyclic) bond motifs is 3. The standard InChI is InChI=1S/C20H18N4O4.C14H16N2O3/c1-12-21-16-10-13(2-4-18(16)23(12)14-6-8-27-9-7-14)20-22-17-11-15(24(25)26)3-5-19(17)28-20;1-10-15-13-8-12(19-9-17)2-3-14(13)16(10)11-4-6-18-7-5-11/h2-5,10-11,14H,6-9H2,1H3;2-3,8-9,11H,4-7H2,1H3. The molecule has 0 aliphatic carbocycles. The van der Waals surface area contributed by atoms with Crippen molar-refractivity contribution in [2.75, 3.05) is 26.4 Å². The lowest BCUT2D eigenvalue weighted by Gasteiger charge is -2.25. The highest BCUT2D eigenvalue weighted by atomic mass is 16.6. The molecule has 0 radical (unpaired) electrons. The van der Waals surface area contributed by atoms with Crippen LogP contribution in [0.15, 0.2) is 59.0 Å². The van der Waals surface area contributed by atoms with Crippen LogP contribution < -0.4 is 4.74 Å². The summed E-state index contributed by atoms with van der Waals surface area (Å²) in [7, 11) is 0. The molecule has 13 nitrogen and oxygen atoms in total. The zero-order valence-electron chi connectivity index (χ0n) is 26.1. The number of benzene rings is 3. The van der Waals surface area contributed by atoms with Crippen molar-refractivity contribution in [2.24, 2.45) is 0 Å². The van der Waals surface area contributed by atoms with Crippen LogP contribution in [0.3, 0.4) is 0 Å². The number of hydrogen-bond donors (Lipinski definition) is 0. The van der Waals surface area contributed by atoms with Crippen LogP contribution in [-0.2, 0) is 14.3 Å². The van der Waals surface area contributed by atoms with E-state index in [9.17, 15) is 14.9 Å². The number of rotatable bonds is 6. The first-order valence-electron chi connectivity index (χ1n) is 15.7. The molecule has 2 aliphatic heterocycles. The lowest BCUT2D eigenvalue weighted by Crippen LogP contribution is -2.20. The van der Waals surface area contributed by atoms with E-state index in [1.165, 1.54) is 12.1 Å². The van der Waals surface area contributed by atoms with Crippen molar-refractivity contribution < 1.29 is 28.3 Å². The van der Waals surface area contributed by atoms with Gasteiger partial charge in [0.2, 0.25) is 5.89 Å². The number of oxazole rings is 1. The Balaban J connectivity index is 0.000000161. The zero-order chi connectivity index (χ0) is 32.5. The summed E-state index contributed by atoms with van der Waals surface area (Å²) >= 11 is 0. The predicted octanol–water partition coefficient (Wildman–Crippen LogP) is 6.64. The summed E-state index contributed by atoms with van der Waals surface area (Å²) in [6.07, 6.45) is 3.99. The monoisotopic (exact) mass is 638 g/mol. The number of aromatic nitrogens is 5. The Morgan fingerprint density at radius 1 is 0.787 bits per heavy atom. The number of aryl methyl sites for hydroxylation is 2. The molecule has 0 saturated carbocycles. The Hall–Kier alpha value is -5.14. The second-order valence-corrected chi connectivity index (χ2v) is 11.7. The smallest absolute Gasteiger partial charge is 0.298 e. The van der Waals surface area contributed by atoms with Crippen LogP contribution in [0.5, 0.6) is 5.75 Å². The molecule has 0 atom stereocenters. The first kappa shape index (κ1) is 30.5. The average Bonchev–Trinajstić information content (AvgIpc) is 3.76. The van der Waals surface area contributed by atoms with E-state index in [0.717, 1.165) is 91.4 Å². The largest absolute Gasteiger partial charge is 0.436 e. The molecule has 0 amide bonds. The van der Waals surface area contributed by atoms with Gasteiger partial charge in [0.15, 0.2) is 5.58 Å². The first-order valence-corrected chi connectivity index (χ1v) is 15.7. The van der Waals surface area contributed by atoms with Crippen molar-refractivity contribution in [3.05, 3.63) is 76.4 Å². The van der Waals surface area contributed by atoms with E-state index < -0.39 is 4.92 Å². The van der Waals surface area contributed by atoms with Crippen LogP contribution in [-0.4, -0.2) is 61.9 Å². The van der Waals surface area contributed by atoms with Gasteiger partial charge in [-0.3, -0.25) is 14.9 Å². The van der Waals surface area contributed by atoms with Gasteiger partial charge >= 0.3 is 0 Å². The maximum atomic E-state index is 11.0. The van der Waals surface area contributed by atoms with E-state index in [1.54, 1.807) is 18.2 Å². The molecular formula is C34H34N6O7. The minimum Gasteiger partial charge on any atom is -0.436 e. The molecular weight excluding hydrogens is 604 g/mol. The highest BCUT2D eigenvalue weighted by Gasteiger charge is 2.22. The fourth-order valence-corrected chi connectivity index (χ4v) is 6.64. The van der Waals surface area contributed by atoms with Gasteiger partial charge in [-0.2, -0.15) is 0 Å². The van der Waals surface area contributed by atoms with Gasteiger partial charge in [0, 0.05) is 62.3 Å².